The molecule has 84 valence electrons. The Labute approximate surface area is 100 Å². The van der Waals surface area contributed by atoms with Crippen molar-refractivity contribution in [3.63, 3.8) is 0 Å². The minimum absolute atomic E-state index is 0.287. The highest BCUT2D eigenvalue weighted by atomic mass is 35.5. The second-order valence-corrected chi connectivity index (χ2v) is 4.22. The average Bonchev–Trinajstić information content (AvgIpc) is 2.22. The van der Waals surface area contributed by atoms with Crippen molar-refractivity contribution in [2.75, 3.05) is 20.3 Å². The number of rotatable bonds is 5. The lowest BCUT2D eigenvalue weighted by Gasteiger charge is -2.15. The van der Waals surface area contributed by atoms with Crippen LogP contribution in [0.3, 0.4) is 0 Å². The summed E-state index contributed by atoms with van der Waals surface area (Å²) in [6.45, 7) is 1.28. The number of benzene rings is 1. The summed E-state index contributed by atoms with van der Waals surface area (Å²) >= 11 is 11.8. The Bertz CT molecular complexity index is 311. The first-order valence-electron chi connectivity index (χ1n) is 4.83. The van der Waals surface area contributed by atoms with Gasteiger partial charge in [-0.1, -0.05) is 29.3 Å². The number of hydrogen-bond donors (Lipinski definition) is 1. The largest absolute Gasteiger partial charge is 0.384 e. The van der Waals surface area contributed by atoms with Crippen LogP contribution in [-0.4, -0.2) is 20.3 Å². The number of hydrogen-bond acceptors (Lipinski definition) is 2. The first kappa shape index (κ1) is 12.8. The summed E-state index contributed by atoms with van der Waals surface area (Å²) in [5.41, 5.74) is 6.67. The van der Waals surface area contributed by atoms with E-state index in [4.69, 9.17) is 33.7 Å². The molecule has 0 aromatic heterocycles. The van der Waals surface area contributed by atoms with Gasteiger partial charge in [-0.05, 0) is 30.7 Å². The number of halogens is 2. The van der Waals surface area contributed by atoms with E-state index < -0.39 is 0 Å². The minimum atomic E-state index is 0.287. The third kappa shape index (κ3) is 3.65. The van der Waals surface area contributed by atoms with Gasteiger partial charge >= 0.3 is 0 Å². The summed E-state index contributed by atoms with van der Waals surface area (Å²) < 4.78 is 5.15. The number of ether oxygens (including phenoxy) is 1. The highest BCUT2D eigenvalue weighted by Crippen LogP contribution is 2.27. The number of methoxy groups -OCH3 is 1. The van der Waals surface area contributed by atoms with Crippen LogP contribution in [0.15, 0.2) is 18.2 Å². The Morgan fingerprint density at radius 1 is 1.33 bits per heavy atom. The molecule has 0 bridgehead atoms. The van der Waals surface area contributed by atoms with Crippen LogP contribution in [0.25, 0.3) is 0 Å². The minimum Gasteiger partial charge on any atom is -0.384 e. The quantitative estimate of drug-likeness (QED) is 0.869. The molecule has 1 rings (SSSR count). The van der Waals surface area contributed by atoms with E-state index in [2.05, 4.69) is 0 Å². The predicted molar refractivity (Wildman–Crippen MR) is 64.8 cm³/mol. The topological polar surface area (TPSA) is 35.2 Å². The van der Waals surface area contributed by atoms with Crippen molar-refractivity contribution in [2.24, 2.45) is 5.73 Å². The molecule has 0 radical (unpaired) electrons. The molecule has 1 atom stereocenters. The Balaban J connectivity index is 2.85. The van der Waals surface area contributed by atoms with Crippen LogP contribution in [0.1, 0.15) is 17.9 Å². The second-order valence-electron chi connectivity index (χ2n) is 3.40. The predicted octanol–water partition coefficient (Wildman–Crippen LogP) is 3.07. The van der Waals surface area contributed by atoms with Crippen molar-refractivity contribution in [1.82, 2.24) is 0 Å². The van der Waals surface area contributed by atoms with Gasteiger partial charge < -0.3 is 10.5 Å². The molecule has 15 heavy (non-hydrogen) atoms. The fourth-order valence-electron chi connectivity index (χ4n) is 1.51. The summed E-state index contributed by atoms with van der Waals surface area (Å²) in [5, 5.41) is 1.15. The first-order chi connectivity index (χ1) is 7.19. The van der Waals surface area contributed by atoms with Crippen LogP contribution in [0.4, 0.5) is 0 Å². The molecule has 0 saturated heterocycles. The molecule has 2 nitrogen and oxygen atoms in total. The molecular formula is C11H15Cl2NO. The van der Waals surface area contributed by atoms with Gasteiger partial charge in [0.2, 0.25) is 0 Å². The van der Waals surface area contributed by atoms with Crippen LogP contribution in [-0.2, 0) is 4.74 Å². The Morgan fingerprint density at radius 3 is 2.60 bits per heavy atom. The van der Waals surface area contributed by atoms with Gasteiger partial charge in [-0.3, -0.25) is 0 Å². The molecule has 0 amide bonds. The molecule has 0 aliphatic heterocycles. The van der Waals surface area contributed by atoms with E-state index in [1.165, 1.54) is 0 Å². The number of nitrogens with two attached hydrogens (primary N) is 1. The van der Waals surface area contributed by atoms with Gasteiger partial charge in [0, 0.05) is 13.0 Å². The lowest BCUT2D eigenvalue weighted by atomic mass is 9.97. The van der Waals surface area contributed by atoms with Crippen LogP contribution in [0, 0.1) is 0 Å². The lowest BCUT2D eigenvalue weighted by Crippen LogP contribution is -2.12. The van der Waals surface area contributed by atoms with Crippen LogP contribution < -0.4 is 5.73 Å². The fraction of sp³-hybridized carbons (Fsp3) is 0.455. The molecule has 1 aromatic carbocycles. The SMILES string of the molecule is COCC(CCN)c1ccc(Cl)c(Cl)c1. The zero-order valence-corrected chi connectivity index (χ0v) is 10.2. The lowest BCUT2D eigenvalue weighted by molar-refractivity contribution is 0.176. The molecule has 1 unspecified atom stereocenters. The molecular weight excluding hydrogens is 233 g/mol. The molecule has 0 fully saturated rings. The van der Waals surface area contributed by atoms with Gasteiger partial charge in [0.1, 0.15) is 0 Å². The van der Waals surface area contributed by atoms with Gasteiger partial charge in [-0.25, -0.2) is 0 Å². The van der Waals surface area contributed by atoms with Gasteiger partial charge in [0.15, 0.2) is 0 Å². The van der Waals surface area contributed by atoms with Crippen molar-refractivity contribution in [3.05, 3.63) is 33.8 Å². The fourth-order valence-corrected chi connectivity index (χ4v) is 1.82. The van der Waals surface area contributed by atoms with E-state index in [1.807, 2.05) is 12.1 Å². The summed E-state index contributed by atoms with van der Waals surface area (Å²) in [4.78, 5) is 0. The molecule has 4 heteroatoms. The van der Waals surface area contributed by atoms with E-state index in [1.54, 1.807) is 13.2 Å². The maximum Gasteiger partial charge on any atom is 0.0595 e. The van der Waals surface area contributed by atoms with E-state index in [0.29, 0.717) is 23.2 Å². The highest BCUT2D eigenvalue weighted by Gasteiger charge is 2.11. The molecule has 0 heterocycles. The molecule has 1 aromatic rings. The van der Waals surface area contributed by atoms with Gasteiger partial charge in [-0.2, -0.15) is 0 Å². The van der Waals surface area contributed by atoms with Crippen molar-refractivity contribution < 1.29 is 4.74 Å². The summed E-state index contributed by atoms with van der Waals surface area (Å²) in [6.07, 6.45) is 0.881. The average molecular weight is 248 g/mol. The molecule has 0 saturated carbocycles. The third-order valence-electron chi connectivity index (χ3n) is 2.30. The summed E-state index contributed by atoms with van der Waals surface area (Å²) in [7, 11) is 1.68. The van der Waals surface area contributed by atoms with E-state index in [-0.39, 0.29) is 5.92 Å². The summed E-state index contributed by atoms with van der Waals surface area (Å²) in [6, 6.07) is 5.65. The van der Waals surface area contributed by atoms with Crippen molar-refractivity contribution in [1.29, 1.82) is 0 Å². The van der Waals surface area contributed by atoms with Crippen LogP contribution in [0.5, 0.6) is 0 Å². The van der Waals surface area contributed by atoms with E-state index in [0.717, 1.165) is 12.0 Å². The highest BCUT2D eigenvalue weighted by molar-refractivity contribution is 6.42. The Morgan fingerprint density at radius 2 is 2.07 bits per heavy atom. The first-order valence-corrected chi connectivity index (χ1v) is 5.58. The van der Waals surface area contributed by atoms with Crippen molar-refractivity contribution in [3.8, 4) is 0 Å². The van der Waals surface area contributed by atoms with Gasteiger partial charge in [0.25, 0.3) is 0 Å². The van der Waals surface area contributed by atoms with Crippen molar-refractivity contribution in [2.45, 2.75) is 12.3 Å². The maximum atomic E-state index is 5.95. The standard InChI is InChI=1S/C11H15Cl2NO/c1-15-7-9(4-5-14)8-2-3-10(12)11(13)6-8/h2-3,6,9H,4-5,7,14H2,1H3. The van der Waals surface area contributed by atoms with Gasteiger partial charge in [0.05, 0.1) is 16.7 Å². The van der Waals surface area contributed by atoms with Crippen LogP contribution in [0.2, 0.25) is 10.0 Å². The Hall–Kier alpha value is -0.280. The van der Waals surface area contributed by atoms with E-state index in [9.17, 15) is 0 Å². The van der Waals surface area contributed by atoms with Gasteiger partial charge in [-0.15, -0.1) is 0 Å². The van der Waals surface area contributed by atoms with Crippen molar-refractivity contribution >= 4 is 23.2 Å². The normalized spacial score (nSPS) is 12.8. The molecule has 0 aliphatic carbocycles. The molecule has 2 N–H and O–H groups in total. The third-order valence-corrected chi connectivity index (χ3v) is 3.04. The Kier molecular flexibility index (Phi) is 5.40. The maximum absolute atomic E-state index is 5.95. The van der Waals surface area contributed by atoms with Crippen LogP contribution >= 0.6 is 23.2 Å². The zero-order valence-electron chi connectivity index (χ0n) is 8.67. The smallest absolute Gasteiger partial charge is 0.0595 e. The van der Waals surface area contributed by atoms with E-state index >= 15 is 0 Å². The summed E-state index contributed by atoms with van der Waals surface area (Å²) in [5.74, 6) is 0.287. The second kappa shape index (κ2) is 6.33. The molecule has 0 aliphatic rings. The zero-order chi connectivity index (χ0) is 11.3. The monoisotopic (exact) mass is 247 g/mol. The molecule has 0 spiro atoms.